The maximum absolute atomic E-state index is 12.5. The number of rotatable bonds is 6. The Labute approximate surface area is 160 Å². The third-order valence-corrected chi connectivity index (χ3v) is 5.59. The van der Waals surface area contributed by atoms with E-state index in [1.54, 1.807) is 12.4 Å². The molecular weight excluding hydrogens is 338 g/mol. The predicted molar refractivity (Wildman–Crippen MR) is 105 cm³/mol. The van der Waals surface area contributed by atoms with Crippen molar-refractivity contribution in [2.24, 2.45) is 5.92 Å². The molecule has 142 valence electrons. The monoisotopic (exact) mass is 365 g/mol. The topological polar surface area (TPSA) is 54.5 Å². The summed E-state index contributed by atoms with van der Waals surface area (Å²) in [5.41, 5.74) is 0.669. The van der Waals surface area contributed by atoms with Gasteiger partial charge in [0, 0.05) is 37.4 Å². The van der Waals surface area contributed by atoms with E-state index in [4.69, 9.17) is 4.74 Å². The summed E-state index contributed by atoms with van der Waals surface area (Å²) in [6, 6.07) is 11.2. The Bertz CT molecular complexity index is 742. The van der Waals surface area contributed by atoms with Crippen molar-refractivity contribution in [1.29, 1.82) is 0 Å². The van der Waals surface area contributed by atoms with E-state index in [1.165, 1.54) is 32.2 Å². The Morgan fingerprint density at radius 2 is 1.93 bits per heavy atom. The molecule has 1 aliphatic carbocycles. The summed E-state index contributed by atoms with van der Waals surface area (Å²) in [5.74, 6) is 2.24. The van der Waals surface area contributed by atoms with E-state index in [2.05, 4.69) is 15.2 Å². The van der Waals surface area contributed by atoms with Gasteiger partial charge in [0.1, 0.15) is 11.5 Å². The minimum Gasteiger partial charge on any atom is -0.456 e. The fourth-order valence-electron chi connectivity index (χ4n) is 4.16. The van der Waals surface area contributed by atoms with Gasteiger partial charge in [0.15, 0.2) is 0 Å². The predicted octanol–water partition coefficient (Wildman–Crippen LogP) is 3.87. The SMILES string of the molecule is O=C(NC1CCN(CC2CCCC2)C1)c1ccc(Oc2cccnc2)cc1. The standard InChI is InChI=1S/C22H27N3O2/c26-22(24-19-11-13-25(16-19)15-17-4-1-2-5-17)18-7-9-20(10-8-18)27-21-6-3-12-23-14-21/h3,6-10,12,14,17,19H,1-2,4-5,11,13,15-16H2,(H,24,26). The molecule has 1 aromatic carbocycles. The normalized spacial score (nSPS) is 20.7. The molecule has 27 heavy (non-hydrogen) atoms. The number of aromatic nitrogens is 1. The van der Waals surface area contributed by atoms with Gasteiger partial charge in [-0.1, -0.05) is 12.8 Å². The molecule has 2 fully saturated rings. The van der Waals surface area contributed by atoms with Gasteiger partial charge in [0.05, 0.1) is 6.20 Å². The first-order valence-electron chi connectivity index (χ1n) is 9.97. The highest BCUT2D eigenvalue weighted by atomic mass is 16.5. The number of hydrogen-bond donors (Lipinski definition) is 1. The summed E-state index contributed by atoms with van der Waals surface area (Å²) in [6.45, 7) is 3.27. The van der Waals surface area contributed by atoms with Crippen molar-refractivity contribution in [2.75, 3.05) is 19.6 Å². The van der Waals surface area contributed by atoms with Gasteiger partial charge in [-0.05, 0) is 61.6 Å². The van der Waals surface area contributed by atoms with E-state index in [0.29, 0.717) is 17.1 Å². The summed E-state index contributed by atoms with van der Waals surface area (Å²) in [5, 5.41) is 3.19. The molecule has 1 saturated carbocycles. The molecule has 4 rings (SSSR count). The average molecular weight is 365 g/mol. The molecule has 5 heteroatoms. The molecule has 2 heterocycles. The molecular formula is C22H27N3O2. The largest absolute Gasteiger partial charge is 0.456 e. The van der Waals surface area contributed by atoms with E-state index in [0.717, 1.165) is 25.4 Å². The van der Waals surface area contributed by atoms with Gasteiger partial charge >= 0.3 is 0 Å². The van der Waals surface area contributed by atoms with Crippen LogP contribution >= 0.6 is 0 Å². The fourth-order valence-corrected chi connectivity index (χ4v) is 4.16. The van der Waals surface area contributed by atoms with Crippen LogP contribution in [0.4, 0.5) is 0 Å². The summed E-state index contributed by atoms with van der Waals surface area (Å²) < 4.78 is 5.72. The molecule has 0 spiro atoms. The first kappa shape index (κ1) is 18.0. The number of benzene rings is 1. The highest BCUT2D eigenvalue weighted by molar-refractivity contribution is 5.94. The zero-order chi connectivity index (χ0) is 18.5. The van der Waals surface area contributed by atoms with Gasteiger partial charge in [-0.3, -0.25) is 9.78 Å². The number of pyridine rings is 1. The number of carbonyl (C=O) groups is 1. The molecule has 1 amide bonds. The van der Waals surface area contributed by atoms with E-state index in [9.17, 15) is 4.79 Å². The molecule has 0 bridgehead atoms. The highest BCUT2D eigenvalue weighted by Gasteiger charge is 2.27. The summed E-state index contributed by atoms with van der Waals surface area (Å²) in [6.07, 6.45) is 9.94. The number of amides is 1. The van der Waals surface area contributed by atoms with Crippen LogP contribution in [-0.2, 0) is 0 Å². The molecule has 1 saturated heterocycles. The van der Waals surface area contributed by atoms with Gasteiger partial charge in [-0.2, -0.15) is 0 Å². The summed E-state index contributed by atoms with van der Waals surface area (Å²) >= 11 is 0. The van der Waals surface area contributed by atoms with Crippen molar-refractivity contribution < 1.29 is 9.53 Å². The molecule has 1 unspecified atom stereocenters. The molecule has 1 atom stereocenters. The fraction of sp³-hybridized carbons (Fsp3) is 0.455. The minimum atomic E-state index is -0.00403. The van der Waals surface area contributed by atoms with Crippen LogP contribution in [0.2, 0.25) is 0 Å². The van der Waals surface area contributed by atoms with Gasteiger partial charge < -0.3 is 15.0 Å². The lowest BCUT2D eigenvalue weighted by Gasteiger charge is -2.20. The van der Waals surface area contributed by atoms with Crippen molar-refractivity contribution in [1.82, 2.24) is 15.2 Å². The number of hydrogen-bond acceptors (Lipinski definition) is 4. The molecule has 2 aromatic rings. The summed E-state index contributed by atoms with van der Waals surface area (Å²) in [4.78, 5) is 19.1. The first-order chi connectivity index (χ1) is 13.3. The minimum absolute atomic E-state index is 0.00403. The van der Waals surface area contributed by atoms with Crippen molar-refractivity contribution in [3.63, 3.8) is 0 Å². The second-order valence-electron chi connectivity index (χ2n) is 7.68. The van der Waals surface area contributed by atoms with Gasteiger partial charge in [-0.25, -0.2) is 0 Å². The second kappa shape index (κ2) is 8.53. The molecule has 5 nitrogen and oxygen atoms in total. The maximum Gasteiger partial charge on any atom is 0.251 e. The Morgan fingerprint density at radius 3 is 2.67 bits per heavy atom. The third-order valence-electron chi connectivity index (χ3n) is 5.59. The second-order valence-corrected chi connectivity index (χ2v) is 7.68. The quantitative estimate of drug-likeness (QED) is 0.844. The molecule has 0 radical (unpaired) electrons. The van der Waals surface area contributed by atoms with E-state index < -0.39 is 0 Å². The van der Waals surface area contributed by atoms with Crippen LogP contribution in [0.3, 0.4) is 0 Å². The number of likely N-dealkylation sites (tertiary alicyclic amines) is 1. The van der Waals surface area contributed by atoms with E-state index >= 15 is 0 Å². The maximum atomic E-state index is 12.5. The lowest BCUT2D eigenvalue weighted by atomic mass is 10.1. The van der Waals surface area contributed by atoms with Crippen LogP contribution < -0.4 is 10.1 Å². The Balaban J connectivity index is 1.27. The Hall–Kier alpha value is -2.40. The van der Waals surface area contributed by atoms with Crippen molar-refractivity contribution in [2.45, 2.75) is 38.1 Å². The number of nitrogens with zero attached hydrogens (tertiary/aromatic N) is 2. The smallest absolute Gasteiger partial charge is 0.251 e. The van der Waals surface area contributed by atoms with Gasteiger partial charge in [0.2, 0.25) is 0 Å². The molecule has 1 aromatic heterocycles. The van der Waals surface area contributed by atoms with Crippen LogP contribution in [-0.4, -0.2) is 41.5 Å². The average Bonchev–Trinajstić information content (AvgIpc) is 3.36. The van der Waals surface area contributed by atoms with Crippen molar-refractivity contribution in [3.8, 4) is 11.5 Å². The molecule has 1 N–H and O–H groups in total. The first-order valence-corrected chi connectivity index (χ1v) is 9.97. The number of nitrogens with one attached hydrogen (secondary N) is 1. The lowest BCUT2D eigenvalue weighted by molar-refractivity contribution is 0.0937. The van der Waals surface area contributed by atoms with Crippen LogP contribution in [0.1, 0.15) is 42.5 Å². The van der Waals surface area contributed by atoms with E-state index in [1.807, 2.05) is 36.4 Å². The van der Waals surface area contributed by atoms with Crippen LogP contribution in [0.5, 0.6) is 11.5 Å². The van der Waals surface area contributed by atoms with Crippen LogP contribution in [0.25, 0.3) is 0 Å². The van der Waals surface area contributed by atoms with Gasteiger partial charge in [0.25, 0.3) is 5.91 Å². The third kappa shape index (κ3) is 4.86. The van der Waals surface area contributed by atoms with Gasteiger partial charge in [-0.15, -0.1) is 0 Å². The number of carbonyl (C=O) groups excluding carboxylic acids is 1. The zero-order valence-corrected chi connectivity index (χ0v) is 15.6. The Morgan fingerprint density at radius 1 is 1.11 bits per heavy atom. The number of ether oxygens (including phenoxy) is 1. The lowest BCUT2D eigenvalue weighted by Crippen LogP contribution is -2.37. The van der Waals surface area contributed by atoms with Crippen LogP contribution in [0.15, 0.2) is 48.8 Å². The molecule has 2 aliphatic rings. The van der Waals surface area contributed by atoms with E-state index in [-0.39, 0.29) is 11.9 Å². The van der Waals surface area contributed by atoms with Crippen molar-refractivity contribution >= 4 is 5.91 Å². The van der Waals surface area contributed by atoms with Crippen molar-refractivity contribution in [3.05, 3.63) is 54.4 Å². The molecule has 1 aliphatic heterocycles. The highest BCUT2D eigenvalue weighted by Crippen LogP contribution is 2.27. The summed E-state index contributed by atoms with van der Waals surface area (Å²) in [7, 11) is 0. The van der Waals surface area contributed by atoms with Crippen LogP contribution in [0, 0.1) is 5.92 Å². The Kier molecular flexibility index (Phi) is 5.68. The zero-order valence-electron chi connectivity index (χ0n) is 15.6.